The summed E-state index contributed by atoms with van der Waals surface area (Å²) in [5.41, 5.74) is 5.77. The fourth-order valence-electron chi connectivity index (χ4n) is 9.36. The molecule has 9 rings (SSSR count). The van der Waals surface area contributed by atoms with Gasteiger partial charge in [-0.1, -0.05) is 65.2 Å². The maximum atomic E-state index is 14.9. The molecule has 0 radical (unpaired) electrons. The maximum Gasteiger partial charge on any atom is 0.387 e. The third kappa shape index (κ3) is 6.60. The zero-order valence-electron chi connectivity index (χ0n) is 32.9. The van der Waals surface area contributed by atoms with E-state index in [0.29, 0.717) is 85.8 Å². The molecule has 1 saturated carbocycles. The second kappa shape index (κ2) is 15.3. The number of carbonyl (C=O) groups is 3. The lowest BCUT2D eigenvalue weighted by Gasteiger charge is -2.32. The normalized spacial score (nSPS) is 21.3. The molecular formula is C43H48N7O6S2+. The van der Waals surface area contributed by atoms with Gasteiger partial charge in [0, 0.05) is 42.9 Å². The number of hydrazone groups is 1. The van der Waals surface area contributed by atoms with Crippen molar-refractivity contribution in [3.05, 3.63) is 88.2 Å². The van der Waals surface area contributed by atoms with Crippen molar-refractivity contribution in [2.75, 3.05) is 35.7 Å². The lowest BCUT2D eigenvalue weighted by atomic mass is 9.88. The van der Waals surface area contributed by atoms with Crippen LogP contribution < -0.4 is 10.2 Å². The average molecular weight is 823 g/mol. The van der Waals surface area contributed by atoms with Crippen molar-refractivity contribution in [1.29, 1.82) is 0 Å². The molecule has 2 atom stereocenters. The van der Waals surface area contributed by atoms with E-state index in [4.69, 9.17) is 14.8 Å². The Kier molecular flexibility index (Phi) is 10.2. The zero-order valence-corrected chi connectivity index (χ0v) is 34.5. The Balaban J connectivity index is 1.02. The molecule has 15 heteroatoms. The fraction of sp³-hybridized carbons (Fsp3) is 0.442. The van der Waals surface area contributed by atoms with Crippen LogP contribution in [0, 0.1) is 5.92 Å². The first-order valence-corrected chi connectivity index (χ1v) is 23.0. The summed E-state index contributed by atoms with van der Waals surface area (Å²) < 4.78 is 34.3. The first-order valence-electron chi connectivity index (χ1n) is 20.5. The van der Waals surface area contributed by atoms with Crippen LogP contribution in [-0.4, -0.2) is 82.4 Å². The number of unbranched alkanes of at least 4 members (excludes halogenated alkanes) is 2. The largest absolute Gasteiger partial charge is 0.466 e. The summed E-state index contributed by atoms with van der Waals surface area (Å²) in [6, 6.07) is 16.7. The zero-order chi connectivity index (χ0) is 40.2. The van der Waals surface area contributed by atoms with Crippen LogP contribution >= 0.6 is 11.3 Å². The van der Waals surface area contributed by atoms with Gasteiger partial charge in [0.1, 0.15) is 11.6 Å². The number of para-hydroxylation sites is 1. The number of benzene rings is 2. The summed E-state index contributed by atoms with van der Waals surface area (Å²) >= 11 is 1.43. The van der Waals surface area contributed by atoms with Crippen molar-refractivity contribution in [2.45, 2.75) is 90.6 Å². The van der Waals surface area contributed by atoms with E-state index in [0.717, 1.165) is 45.5 Å². The molecule has 13 nitrogen and oxygen atoms in total. The minimum absolute atomic E-state index is 0.131. The number of anilines is 2. The SMILES string of the molecule is CCOC(=O)CCCCCS(=O)(=O)[N+]12C(=O)c3nc(N4CCc5cccc(C(=O)Nc6nc7ccccc7s6)c5C4)ccc3C3=C(C)N(CC4CCCCC4)N=C1C32. The Labute approximate surface area is 342 Å². The van der Waals surface area contributed by atoms with Gasteiger partial charge in [-0.3, -0.25) is 19.9 Å². The third-order valence-corrected chi connectivity index (χ3v) is 15.6. The lowest BCUT2D eigenvalue weighted by molar-refractivity contribution is -0.525. The van der Waals surface area contributed by atoms with Gasteiger partial charge in [0.2, 0.25) is 6.04 Å². The highest BCUT2D eigenvalue weighted by Gasteiger charge is 2.83. The van der Waals surface area contributed by atoms with Crippen LogP contribution in [0.5, 0.6) is 0 Å². The number of quaternary nitrogens is 1. The number of allylic oxidation sites excluding steroid dienone is 1. The number of hydrogen-bond acceptors (Lipinski definition) is 12. The van der Waals surface area contributed by atoms with E-state index >= 15 is 0 Å². The molecule has 1 N–H and O–H groups in total. The second-order valence-electron chi connectivity index (χ2n) is 15.9. The van der Waals surface area contributed by atoms with Gasteiger partial charge in [-0.05, 0) is 93.3 Å². The number of aromatic nitrogens is 2. The van der Waals surface area contributed by atoms with Crippen LogP contribution in [0.15, 0.2) is 65.4 Å². The molecule has 2 fully saturated rings. The van der Waals surface area contributed by atoms with Crippen molar-refractivity contribution in [1.82, 2.24) is 15.0 Å². The number of ether oxygens (including phenoxy) is 1. The first-order chi connectivity index (χ1) is 28.1. The Hall–Kier alpha value is -4.99. The highest BCUT2D eigenvalue weighted by atomic mass is 32.2. The number of carbonyl (C=O) groups excluding carboxylic acids is 3. The summed E-state index contributed by atoms with van der Waals surface area (Å²) in [7, 11) is -4.10. The molecule has 6 heterocycles. The number of nitrogens with one attached hydrogen (secondary N) is 1. The van der Waals surface area contributed by atoms with Gasteiger partial charge >= 0.3 is 27.7 Å². The minimum atomic E-state index is -4.10. The average Bonchev–Trinajstić information content (AvgIpc) is 3.74. The maximum absolute atomic E-state index is 14.9. The third-order valence-electron chi connectivity index (χ3n) is 12.4. The molecule has 58 heavy (non-hydrogen) atoms. The van der Waals surface area contributed by atoms with E-state index in [-0.39, 0.29) is 29.7 Å². The Morgan fingerprint density at radius 3 is 2.64 bits per heavy atom. The number of fused-ring (bicyclic) bond motifs is 5. The quantitative estimate of drug-likeness (QED) is 0.0632. The van der Waals surface area contributed by atoms with Crippen molar-refractivity contribution in [3.8, 4) is 0 Å². The van der Waals surface area contributed by atoms with E-state index in [1.807, 2.05) is 66.5 Å². The number of hydrogen-bond donors (Lipinski definition) is 1. The van der Waals surface area contributed by atoms with Crippen LogP contribution in [0.3, 0.4) is 0 Å². The summed E-state index contributed by atoms with van der Waals surface area (Å²) in [5, 5.41) is 10.4. The molecule has 2 aromatic carbocycles. The number of rotatable bonds is 13. The van der Waals surface area contributed by atoms with Gasteiger partial charge in [-0.25, -0.2) is 14.8 Å². The Morgan fingerprint density at radius 1 is 1.00 bits per heavy atom. The number of esters is 1. The van der Waals surface area contributed by atoms with Crippen molar-refractivity contribution in [3.63, 3.8) is 0 Å². The number of sulfonamides is 1. The van der Waals surface area contributed by atoms with E-state index in [1.54, 1.807) is 6.92 Å². The molecule has 4 aromatic rings. The van der Waals surface area contributed by atoms with E-state index in [2.05, 4.69) is 15.2 Å². The van der Waals surface area contributed by atoms with Crippen molar-refractivity contribution >= 4 is 71.7 Å². The van der Waals surface area contributed by atoms with Crippen LogP contribution in [0.4, 0.5) is 10.9 Å². The van der Waals surface area contributed by atoms with Crippen LogP contribution in [0.25, 0.3) is 15.8 Å². The number of amidine groups is 1. The minimum Gasteiger partial charge on any atom is -0.466 e. The number of thiazole rings is 1. The summed E-state index contributed by atoms with van der Waals surface area (Å²) in [6.45, 7) is 5.71. The predicted octanol–water partition coefficient (Wildman–Crippen LogP) is 7.25. The summed E-state index contributed by atoms with van der Waals surface area (Å²) in [4.78, 5) is 52.2. The molecule has 2 amide bonds. The lowest BCUT2D eigenvalue weighted by Crippen LogP contribution is -2.47. The molecule has 1 saturated heterocycles. The number of nitrogens with zero attached hydrogens (tertiary/aromatic N) is 6. The van der Waals surface area contributed by atoms with Gasteiger partial charge in [-0.15, -0.1) is 5.10 Å². The topological polar surface area (TPSA) is 151 Å². The monoisotopic (exact) mass is 822 g/mol. The summed E-state index contributed by atoms with van der Waals surface area (Å²) in [5.74, 6) is 0.000133. The summed E-state index contributed by atoms with van der Waals surface area (Å²) in [6.07, 6.45) is 7.96. The molecule has 1 aliphatic carbocycles. The van der Waals surface area contributed by atoms with Gasteiger partial charge in [-0.2, -0.15) is 8.42 Å². The second-order valence-corrected chi connectivity index (χ2v) is 19.1. The van der Waals surface area contributed by atoms with Crippen molar-refractivity contribution in [2.24, 2.45) is 11.0 Å². The van der Waals surface area contributed by atoms with E-state index in [9.17, 15) is 22.8 Å². The molecular weight excluding hydrogens is 775 g/mol. The fourth-order valence-corrected chi connectivity index (χ4v) is 12.3. The molecule has 2 aromatic heterocycles. The highest BCUT2D eigenvalue weighted by Crippen LogP contribution is 2.56. The van der Waals surface area contributed by atoms with Crippen LogP contribution in [0.2, 0.25) is 0 Å². The molecule has 0 bridgehead atoms. The van der Waals surface area contributed by atoms with Gasteiger partial charge in [0.05, 0.1) is 22.4 Å². The number of pyridine rings is 1. The van der Waals surface area contributed by atoms with Gasteiger partial charge in [0.25, 0.3) is 5.91 Å². The molecule has 2 unspecified atom stereocenters. The molecule has 4 aliphatic heterocycles. The highest BCUT2D eigenvalue weighted by molar-refractivity contribution is 7.87. The standard InChI is InChI=1S/C43H47N7O6S2/c1-3-56-36(51)19-8-5-11-24-58(54,55)50-39-37(27(2)49(47-40(39)50)25-28-13-6-4-7-14-28)31-20-21-35(45-38(31)42(50)53)48-23-22-29-15-12-16-30(32(29)26-48)41(52)46-43-44-33-17-9-10-18-34(33)57-43/h9-10,12,15-18,20-21,28,39H,3-8,11,13-14,19,22-26H2,1-2H3/p+1. The predicted molar refractivity (Wildman–Crippen MR) is 224 cm³/mol. The first kappa shape index (κ1) is 38.5. The Bertz CT molecular complexity index is 2480. The van der Waals surface area contributed by atoms with E-state index in [1.165, 1.54) is 30.6 Å². The number of amides is 2. The smallest absolute Gasteiger partial charge is 0.387 e. The molecule has 0 spiro atoms. The van der Waals surface area contributed by atoms with Crippen LogP contribution in [-0.2, 0) is 32.5 Å². The van der Waals surface area contributed by atoms with Gasteiger partial charge < -0.3 is 9.64 Å². The molecule has 5 aliphatic rings. The Morgan fingerprint density at radius 2 is 1.83 bits per heavy atom. The molecule has 302 valence electrons. The van der Waals surface area contributed by atoms with Gasteiger partial charge in [0.15, 0.2) is 10.8 Å². The van der Waals surface area contributed by atoms with E-state index < -0.39 is 25.9 Å². The van der Waals surface area contributed by atoms with Crippen LogP contribution in [0.1, 0.15) is 109 Å². The van der Waals surface area contributed by atoms with Crippen molar-refractivity contribution < 1.29 is 31.4 Å².